The lowest BCUT2D eigenvalue weighted by molar-refractivity contribution is -0.160. The van der Waals surface area contributed by atoms with Gasteiger partial charge in [-0.05, 0) is 109 Å². The van der Waals surface area contributed by atoms with Gasteiger partial charge in [-0.25, -0.2) is 0 Å². The summed E-state index contributed by atoms with van der Waals surface area (Å²) < 4.78 is 36.9. The molecule has 0 aromatic rings. The molecule has 1 fully saturated rings. The standard InChI is InChI=1S/C62H118N2O8/c1-7-13-17-21-25-29-35-52-69-60(70-53-36-30-26-22-18-14-8-2)41-39-58(65)67-56-45-62(43-50-64(51-44-62)49-34-33-48-63(12-6)47-11-5)46-57-68-59(66)40-42-61(71-54-37-31-27-23-19-15-9-3)72-55-38-32-28-24-20-16-10-4/h11-12,47,60-61H,6-10,13-46,48-57H2,1-5H3/b47-11-. The van der Waals surface area contributed by atoms with Crippen LogP contribution in [0.3, 0.4) is 0 Å². The van der Waals surface area contributed by atoms with Gasteiger partial charge in [0.2, 0.25) is 0 Å². The van der Waals surface area contributed by atoms with Crippen LogP contribution in [-0.4, -0.2) is 100 Å². The van der Waals surface area contributed by atoms with E-state index >= 15 is 0 Å². The first kappa shape index (κ1) is 68.0. The Morgan fingerprint density at radius 1 is 0.500 bits per heavy atom. The summed E-state index contributed by atoms with van der Waals surface area (Å²) in [7, 11) is 0. The highest BCUT2D eigenvalue weighted by atomic mass is 16.7. The Morgan fingerprint density at radius 2 is 0.847 bits per heavy atom. The monoisotopic (exact) mass is 1020 g/mol. The van der Waals surface area contributed by atoms with E-state index in [9.17, 15) is 9.59 Å². The average molecular weight is 1020 g/mol. The number of carbonyl (C=O) groups excluding carboxylic acids is 2. The largest absolute Gasteiger partial charge is 0.466 e. The van der Waals surface area contributed by atoms with Gasteiger partial charge in [0.25, 0.3) is 0 Å². The predicted octanol–water partition coefficient (Wildman–Crippen LogP) is 17.0. The number of piperidine rings is 1. The maximum Gasteiger partial charge on any atom is 0.305 e. The number of rotatable bonds is 55. The second-order valence-corrected chi connectivity index (χ2v) is 21.3. The Morgan fingerprint density at radius 3 is 1.18 bits per heavy atom. The van der Waals surface area contributed by atoms with Crippen LogP contribution in [0.2, 0.25) is 0 Å². The van der Waals surface area contributed by atoms with Crippen molar-refractivity contribution in [2.75, 3.05) is 65.8 Å². The summed E-state index contributed by atoms with van der Waals surface area (Å²) in [6.07, 6.45) is 47.1. The van der Waals surface area contributed by atoms with Crippen LogP contribution in [0.5, 0.6) is 0 Å². The van der Waals surface area contributed by atoms with Crippen LogP contribution in [0.1, 0.15) is 279 Å². The molecule has 0 atom stereocenters. The Hall–Kier alpha value is -1.98. The minimum atomic E-state index is -0.380. The number of allylic oxidation sites excluding steroid dienone is 1. The van der Waals surface area contributed by atoms with Gasteiger partial charge in [-0.15, -0.1) is 0 Å². The molecule has 0 saturated carbocycles. The summed E-state index contributed by atoms with van der Waals surface area (Å²) in [4.78, 5) is 31.3. The minimum Gasteiger partial charge on any atom is -0.466 e. The molecule has 0 radical (unpaired) electrons. The van der Waals surface area contributed by atoms with Crippen LogP contribution in [0, 0.1) is 5.41 Å². The lowest BCUT2D eigenvalue weighted by atomic mass is 9.73. The van der Waals surface area contributed by atoms with Crippen molar-refractivity contribution in [1.29, 1.82) is 0 Å². The summed E-state index contributed by atoms with van der Waals surface area (Å²) in [6, 6.07) is 0. The van der Waals surface area contributed by atoms with E-state index in [0.29, 0.717) is 52.5 Å². The highest BCUT2D eigenvalue weighted by Gasteiger charge is 2.35. The second-order valence-electron chi connectivity index (χ2n) is 21.3. The van der Waals surface area contributed by atoms with Crippen molar-refractivity contribution in [2.24, 2.45) is 5.41 Å². The van der Waals surface area contributed by atoms with Crippen molar-refractivity contribution >= 4 is 11.9 Å². The maximum absolute atomic E-state index is 13.3. The molecule has 1 saturated heterocycles. The summed E-state index contributed by atoms with van der Waals surface area (Å²) >= 11 is 0. The van der Waals surface area contributed by atoms with Crippen molar-refractivity contribution in [3.8, 4) is 0 Å². The highest BCUT2D eigenvalue weighted by molar-refractivity contribution is 5.69. The molecule has 1 rings (SSSR count). The number of carbonyl (C=O) groups is 2. The van der Waals surface area contributed by atoms with E-state index in [1.807, 2.05) is 13.1 Å². The molecule has 10 nitrogen and oxygen atoms in total. The number of likely N-dealkylation sites (tertiary alicyclic amines) is 1. The predicted molar refractivity (Wildman–Crippen MR) is 302 cm³/mol. The van der Waals surface area contributed by atoms with Gasteiger partial charge in [0, 0.05) is 45.8 Å². The molecule has 1 heterocycles. The molecule has 72 heavy (non-hydrogen) atoms. The fourth-order valence-corrected chi connectivity index (χ4v) is 9.83. The zero-order valence-electron chi connectivity index (χ0n) is 48.2. The van der Waals surface area contributed by atoms with Crippen molar-refractivity contribution in [1.82, 2.24) is 9.80 Å². The third-order valence-electron chi connectivity index (χ3n) is 14.8. The molecule has 10 heteroatoms. The van der Waals surface area contributed by atoms with Crippen LogP contribution in [-0.2, 0) is 38.0 Å². The number of nitrogens with zero attached hydrogens (tertiary/aromatic N) is 2. The molecule has 424 valence electrons. The molecule has 0 aliphatic carbocycles. The van der Waals surface area contributed by atoms with E-state index in [1.54, 1.807) is 0 Å². The Kier molecular flexibility index (Phi) is 48.3. The zero-order valence-corrected chi connectivity index (χ0v) is 48.2. The Bertz CT molecular complexity index is 1120. The lowest BCUT2D eigenvalue weighted by Gasteiger charge is -2.42. The van der Waals surface area contributed by atoms with E-state index in [2.05, 4.69) is 56.3 Å². The number of unbranched alkanes of at least 4 members (excludes halogenated alkanes) is 25. The zero-order chi connectivity index (χ0) is 52.3. The van der Waals surface area contributed by atoms with Crippen LogP contribution >= 0.6 is 0 Å². The van der Waals surface area contributed by atoms with Crippen molar-refractivity contribution in [3.63, 3.8) is 0 Å². The van der Waals surface area contributed by atoms with Gasteiger partial charge in [0.15, 0.2) is 12.6 Å². The van der Waals surface area contributed by atoms with Crippen molar-refractivity contribution in [2.45, 2.75) is 291 Å². The van der Waals surface area contributed by atoms with Gasteiger partial charge < -0.3 is 38.2 Å². The van der Waals surface area contributed by atoms with Gasteiger partial charge in [-0.1, -0.05) is 194 Å². The summed E-state index contributed by atoms with van der Waals surface area (Å²) in [5.41, 5.74) is -0.0632. The van der Waals surface area contributed by atoms with Crippen LogP contribution in [0.15, 0.2) is 25.1 Å². The highest BCUT2D eigenvalue weighted by Crippen LogP contribution is 2.39. The smallest absolute Gasteiger partial charge is 0.305 e. The maximum atomic E-state index is 13.3. The molecule has 0 unspecified atom stereocenters. The molecular formula is C62H118N2O8. The second kappa shape index (κ2) is 51.1. The first-order chi connectivity index (χ1) is 35.3. The number of hydrogen-bond donors (Lipinski definition) is 0. The van der Waals surface area contributed by atoms with Gasteiger partial charge in [-0.2, -0.15) is 0 Å². The average Bonchev–Trinajstić information content (AvgIpc) is 3.38. The molecule has 1 aliphatic rings. The molecule has 0 bridgehead atoms. The number of ether oxygens (including phenoxy) is 6. The summed E-state index contributed by atoms with van der Waals surface area (Å²) in [5.74, 6) is -0.384. The van der Waals surface area contributed by atoms with Gasteiger partial charge in [0.1, 0.15) is 0 Å². The van der Waals surface area contributed by atoms with E-state index in [4.69, 9.17) is 28.4 Å². The third-order valence-corrected chi connectivity index (χ3v) is 14.8. The first-order valence-corrected chi connectivity index (χ1v) is 30.9. The summed E-state index contributed by atoms with van der Waals surface area (Å²) in [5, 5.41) is 0. The van der Waals surface area contributed by atoms with E-state index in [0.717, 1.165) is 90.4 Å². The molecule has 0 amide bonds. The van der Waals surface area contributed by atoms with Crippen molar-refractivity contribution < 1.29 is 38.0 Å². The molecule has 0 aromatic carbocycles. The van der Waals surface area contributed by atoms with Crippen LogP contribution < -0.4 is 0 Å². The van der Waals surface area contributed by atoms with Crippen molar-refractivity contribution in [3.05, 3.63) is 25.1 Å². The Labute approximate surface area is 445 Å². The molecule has 0 aromatic heterocycles. The van der Waals surface area contributed by atoms with Gasteiger partial charge >= 0.3 is 11.9 Å². The lowest BCUT2D eigenvalue weighted by Crippen LogP contribution is -2.42. The normalized spacial score (nSPS) is 14.0. The van der Waals surface area contributed by atoms with E-state index in [1.165, 1.54) is 154 Å². The fourth-order valence-electron chi connectivity index (χ4n) is 9.83. The quantitative estimate of drug-likeness (QED) is 0.0333. The molecule has 1 aliphatic heterocycles. The van der Waals surface area contributed by atoms with Crippen LogP contribution in [0.25, 0.3) is 0 Å². The van der Waals surface area contributed by atoms with Gasteiger partial charge in [-0.3, -0.25) is 9.59 Å². The summed E-state index contributed by atoms with van der Waals surface area (Å²) in [6.45, 7) is 22.4. The van der Waals surface area contributed by atoms with E-state index < -0.39 is 0 Å². The SMILES string of the molecule is C=CN(/C=C\C)CCCCN1CCC(CCOC(=O)CCC(OCCCCCCCCC)OCCCCCCCCC)(CCOC(=O)CCC(OCCCCCCCCC)OCCCCCCCCC)CC1. The third kappa shape index (κ3) is 41.3. The minimum absolute atomic E-state index is 0.0632. The first-order valence-electron chi connectivity index (χ1n) is 30.9. The van der Waals surface area contributed by atoms with E-state index in [-0.39, 0.29) is 42.8 Å². The number of hydrogen-bond acceptors (Lipinski definition) is 10. The van der Waals surface area contributed by atoms with Gasteiger partial charge in [0.05, 0.1) is 26.1 Å². The number of esters is 2. The fraction of sp³-hybridized carbons (Fsp3) is 0.903. The molecule has 0 N–H and O–H groups in total. The molecular weight excluding hydrogens is 901 g/mol. The van der Waals surface area contributed by atoms with Crippen LogP contribution in [0.4, 0.5) is 0 Å². The topological polar surface area (TPSA) is 96.0 Å². The molecule has 0 spiro atoms. The Balaban J connectivity index is 2.80.